The highest BCUT2D eigenvalue weighted by atomic mass is 32.1. The summed E-state index contributed by atoms with van der Waals surface area (Å²) in [6.07, 6.45) is 0. The van der Waals surface area contributed by atoms with Crippen LogP contribution in [0.15, 0.2) is 218 Å². The average molecular weight is 789 g/mol. The van der Waals surface area contributed by atoms with Gasteiger partial charge in [0.25, 0.3) is 0 Å². The minimum atomic E-state index is 1.25. The van der Waals surface area contributed by atoms with Gasteiger partial charge in [0.1, 0.15) is 0 Å². The molecule has 12 aromatic carbocycles. The molecule has 0 nitrogen and oxygen atoms in total. The maximum absolute atomic E-state index is 2.45. The van der Waals surface area contributed by atoms with Crippen LogP contribution in [0.2, 0.25) is 0 Å². The lowest BCUT2D eigenvalue weighted by atomic mass is 9.85. The maximum atomic E-state index is 2.45. The van der Waals surface area contributed by atoms with Crippen LogP contribution < -0.4 is 0 Å². The molecule has 0 aliphatic rings. The molecule has 61 heavy (non-hydrogen) atoms. The largest absolute Gasteiger partial charge is 0.135 e. The molecular weight excluding hydrogens is 753 g/mol. The Morgan fingerprint density at radius 3 is 0.951 bits per heavy atom. The first-order valence-corrected chi connectivity index (χ1v) is 21.9. The molecule has 13 rings (SSSR count). The average Bonchev–Trinajstić information content (AvgIpc) is 3.69. The van der Waals surface area contributed by atoms with Crippen molar-refractivity contribution in [2.24, 2.45) is 0 Å². The fourth-order valence-electron chi connectivity index (χ4n) is 10.3. The minimum Gasteiger partial charge on any atom is -0.135 e. The zero-order chi connectivity index (χ0) is 40.0. The van der Waals surface area contributed by atoms with Gasteiger partial charge >= 0.3 is 0 Å². The van der Waals surface area contributed by atoms with E-state index in [0.29, 0.717) is 0 Å². The highest BCUT2D eigenvalue weighted by Gasteiger charge is 2.20. The summed E-state index contributed by atoms with van der Waals surface area (Å²) in [6.45, 7) is 0. The third kappa shape index (κ3) is 5.31. The second-order valence-corrected chi connectivity index (χ2v) is 17.4. The zero-order valence-electron chi connectivity index (χ0n) is 33.2. The summed E-state index contributed by atoms with van der Waals surface area (Å²) in [5.74, 6) is 0. The number of fused-ring (bicyclic) bond motifs is 9. The Morgan fingerprint density at radius 2 is 0.525 bits per heavy atom. The first-order chi connectivity index (χ1) is 30.2. The lowest BCUT2D eigenvalue weighted by Crippen LogP contribution is -1.91. The Hall–Kier alpha value is -7.58. The first-order valence-electron chi connectivity index (χ1n) is 21.1. The topological polar surface area (TPSA) is 0 Å². The normalized spacial score (nSPS) is 11.9. The minimum absolute atomic E-state index is 1.25. The second kappa shape index (κ2) is 13.5. The summed E-state index contributed by atoms with van der Waals surface area (Å²) < 4.78 is 2.61. The fraction of sp³-hybridized carbons (Fsp3) is 0. The van der Waals surface area contributed by atoms with Gasteiger partial charge in [0.15, 0.2) is 0 Å². The lowest BCUT2D eigenvalue weighted by Gasteiger charge is -2.18. The molecule has 0 atom stereocenters. The Kier molecular flexibility index (Phi) is 7.58. The van der Waals surface area contributed by atoms with E-state index in [-0.39, 0.29) is 0 Å². The van der Waals surface area contributed by atoms with Crippen LogP contribution in [-0.2, 0) is 0 Å². The monoisotopic (exact) mass is 788 g/mol. The Labute approximate surface area is 357 Å². The third-order valence-electron chi connectivity index (χ3n) is 13.0. The summed E-state index contributed by atoms with van der Waals surface area (Å²) >= 11 is 1.89. The van der Waals surface area contributed by atoms with Crippen LogP contribution in [0.25, 0.3) is 129 Å². The van der Waals surface area contributed by atoms with Gasteiger partial charge in [-0.25, -0.2) is 0 Å². The molecule has 0 unspecified atom stereocenters. The van der Waals surface area contributed by atoms with Gasteiger partial charge in [0.2, 0.25) is 0 Å². The van der Waals surface area contributed by atoms with Crippen molar-refractivity contribution >= 4 is 96.1 Å². The fourth-order valence-corrected chi connectivity index (χ4v) is 11.4. The van der Waals surface area contributed by atoms with Gasteiger partial charge in [-0.1, -0.05) is 188 Å². The SMILES string of the molecule is c1ccc2cc(-c3c4ccccc4c(-c4ccc5c(c4)sc4ccc(-c6c7ccccc7c(-c7ccc8ccccc8c7)c7ccccc67)cc45)c4ccccc34)ccc2c1. The molecule has 13 aromatic rings. The summed E-state index contributed by atoms with van der Waals surface area (Å²) in [5.41, 5.74) is 10.2. The first kappa shape index (κ1) is 34.3. The molecule has 0 radical (unpaired) electrons. The van der Waals surface area contributed by atoms with E-state index in [0.717, 1.165) is 0 Å². The predicted molar refractivity (Wildman–Crippen MR) is 266 cm³/mol. The molecule has 0 fully saturated rings. The highest BCUT2D eigenvalue weighted by molar-refractivity contribution is 7.25. The molecule has 1 heteroatoms. The van der Waals surface area contributed by atoms with Gasteiger partial charge in [-0.05, 0) is 139 Å². The van der Waals surface area contributed by atoms with E-state index in [9.17, 15) is 0 Å². The summed E-state index contributed by atoms with van der Waals surface area (Å²) in [7, 11) is 0. The Morgan fingerprint density at radius 1 is 0.197 bits per heavy atom. The quantitative estimate of drug-likeness (QED) is 0.156. The van der Waals surface area contributed by atoms with Crippen molar-refractivity contribution in [3.05, 3.63) is 218 Å². The standard InChI is InChI=1S/C60H36S/c1-3-15-39-33-41(27-25-37(39)13-1)57-46-17-5-9-21-50(46)59(51-22-10-6-18-47(51)57)43-30-32-55-54(35-43)45-31-29-44(36-56(45)61-55)60-52-23-11-7-19-48(52)58(49-20-8-12-24-53(49)60)42-28-26-38-14-2-4-16-40(38)34-42/h1-36H. The van der Waals surface area contributed by atoms with E-state index in [2.05, 4.69) is 218 Å². The van der Waals surface area contributed by atoms with Crippen molar-refractivity contribution in [2.75, 3.05) is 0 Å². The summed E-state index contributed by atoms with van der Waals surface area (Å²) in [5, 5.41) is 17.8. The number of hydrogen-bond acceptors (Lipinski definition) is 1. The summed E-state index contributed by atoms with van der Waals surface area (Å²) in [4.78, 5) is 0. The molecule has 0 saturated heterocycles. The van der Waals surface area contributed by atoms with Gasteiger partial charge in [-0.3, -0.25) is 0 Å². The summed E-state index contributed by atoms with van der Waals surface area (Å²) in [6, 6.07) is 81.3. The number of thiophene rings is 1. The van der Waals surface area contributed by atoms with Crippen molar-refractivity contribution in [3.63, 3.8) is 0 Å². The van der Waals surface area contributed by atoms with Crippen LogP contribution in [0.3, 0.4) is 0 Å². The molecule has 0 spiro atoms. The van der Waals surface area contributed by atoms with Gasteiger partial charge in [0, 0.05) is 20.2 Å². The van der Waals surface area contributed by atoms with Gasteiger partial charge in [0.05, 0.1) is 0 Å². The Bertz CT molecular complexity index is 3830. The van der Waals surface area contributed by atoms with E-state index >= 15 is 0 Å². The van der Waals surface area contributed by atoms with Gasteiger partial charge in [-0.15, -0.1) is 11.3 Å². The molecular formula is C60H36S. The molecule has 0 aliphatic carbocycles. The molecule has 0 saturated carbocycles. The maximum Gasteiger partial charge on any atom is 0.0361 e. The van der Waals surface area contributed by atoms with Crippen molar-refractivity contribution in [2.45, 2.75) is 0 Å². The van der Waals surface area contributed by atoms with E-state index in [1.807, 2.05) is 11.3 Å². The highest BCUT2D eigenvalue weighted by Crippen LogP contribution is 2.48. The van der Waals surface area contributed by atoms with Crippen LogP contribution in [0.4, 0.5) is 0 Å². The molecule has 0 bridgehead atoms. The van der Waals surface area contributed by atoms with E-state index < -0.39 is 0 Å². The van der Waals surface area contributed by atoms with Crippen molar-refractivity contribution in [1.29, 1.82) is 0 Å². The zero-order valence-corrected chi connectivity index (χ0v) is 34.0. The smallest absolute Gasteiger partial charge is 0.0361 e. The van der Waals surface area contributed by atoms with Crippen molar-refractivity contribution in [1.82, 2.24) is 0 Å². The van der Waals surface area contributed by atoms with Crippen LogP contribution in [-0.4, -0.2) is 0 Å². The van der Waals surface area contributed by atoms with Crippen molar-refractivity contribution in [3.8, 4) is 44.5 Å². The van der Waals surface area contributed by atoms with Crippen LogP contribution >= 0.6 is 11.3 Å². The molecule has 0 N–H and O–H groups in total. The van der Waals surface area contributed by atoms with E-state index in [1.54, 1.807) is 0 Å². The van der Waals surface area contributed by atoms with Crippen molar-refractivity contribution < 1.29 is 0 Å². The molecule has 1 aromatic heterocycles. The predicted octanol–water partition coefficient (Wildman–Crippen LogP) is 17.6. The van der Waals surface area contributed by atoms with Gasteiger partial charge < -0.3 is 0 Å². The third-order valence-corrected chi connectivity index (χ3v) is 14.1. The van der Waals surface area contributed by atoms with E-state index in [1.165, 1.54) is 129 Å². The number of benzene rings is 12. The Balaban J connectivity index is 0.992. The molecule has 1 heterocycles. The van der Waals surface area contributed by atoms with Crippen LogP contribution in [0.5, 0.6) is 0 Å². The number of rotatable bonds is 4. The molecule has 0 aliphatic heterocycles. The molecule has 282 valence electrons. The van der Waals surface area contributed by atoms with Crippen LogP contribution in [0.1, 0.15) is 0 Å². The van der Waals surface area contributed by atoms with Gasteiger partial charge in [-0.2, -0.15) is 0 Å². The number of hydrogen-bond donors (Lipinski definition) is 0. The second-order valence-electron chi connectivity index (χ2n) is 16.3. The molecule has 0 amide bonds. The van der Waals surface area contributed by atoms with E-state index in [4.69, 9.17) is 0 Å². The van der Waals surface area contributed by atoms with Crippen LogP contribution in [0, 0.1) is 0 Å². The lowest BCUT2D eigenvalue weighted by molar-refractivity contribution is 1.68.